The van der Waals surface area contributed by atoms with Gasteiger partial charge in [0.2, 0.25) is 0 Å². The van der Waals surface area contributed by atoms with E-state index in [2.05, 4.69) is 0 Å². The van der Waals surface area contributed by atoms with Crippen molar-refractivity contribution in [3.05, 3.63) is 34.9 Å². The second-order valence-electron chi connectivity index (χ2n) is 4.39. The van der Waals surface area contributed by atoms with Crippen molar-refractivity contribution in [1.29, 1.82) is 0 Å². The quantitative estimate of drug-likeness (QED) is 0.896. The Morgan fingerprint density at radius 1 is 1.35 bits per heavy atom. The Labute approximate surface area is 106 Å². The summed E-state index contributed by atoms with van der Waals surface area (Å²) in [5.74, 6) is -0.758. The van der Waals surface area contributed by atoms with Gasteiger partial charge in [0.25, 0.3) is 0 Å². The van der Waals surface area contributed by atoms with E-state index in [9.17, 15) is 9.90 Å². The van der Waals surface area contributed by atoms with Gasteiger partial charge in [0, 0.05) is 11.4 Å². The Kier molecular flexibility index (Phi) is 4.02. The first-order chi connectivity index (χ1) is 8.18. The molecule has 1 aromatic rings. The molecule has 0 amide bonds. The lowest BCUT2D eigenvalue weighted by molar-refractivity contribution is -0.142. The molecule has 0 spiro atoms. The Morgan fingerprint density at radius 3 is 2.59 bits per heavy atom. The van der Waals surface area contributed by atoms with Gasteiger partial charge < -0.3 is 5.11 Å². The summed E-state index contributed by atoms with van der Waals surface area (Å²) in [5.41, 5.74) is 0.911. The highest BCUT2D eigenvalue weighted by Gasteiger charge is 2.28. The Morgan fingerprint density at radius 2 is 2.00 bits per heavy atom. The highest BCUT2D eigenvalue weighted by Crippen LogP contribution is 2.21. The van der Waals surface area contributed by atoms with Gasteiger partial charge >= 0.3 is 5.97 Å². The maximum atomic E-state index is 11.3. The first-order valence-electron chi connectivity index (χ1n) is 5.89. The van der Waals surface area contributed by atoms with E-state index in [-0.39, 0.29) is 0 Å². The second kappa shape index (κ2) is 5.52. The third-order valence-corrected chi connectivity index (χ3v) is 3.61. The predicted octanol–water partition coefficient (Wildman–Crippen LogP) is 2.43. The van der Waals surface area contributed by atoms with Crippen LogP contribution in [-0.4, -0.2) is 35.1 Å². The fraction of sp³-hybridized carbons (Fsp3) is 0.462. The second-order valence-corrected chi connectivity index (χ2v) is 4.80. The Balaban J connectivity index is 2.12. The van der Waals surface area contributed by atoms with E-state index in [1.807, 2.05) is 23.1 Å². The molecule has 1 fully saturated rings. The van der Waals surface area contributed by atoms with E-state index < -0.39 is 12.0 Å². The van der Waals surface area contributed by atoms with Crippen molar-refractivity contribution in [2.45, 2.75) is 25.3 Å². The first kappa shape index (κ1) is 12.4. The monoisotopic (exact) mass is 253 g/mol. The molecule has 1 aliphatic rings. The zero-order valence-electron chi connectivity index (χ0n) is 9.60. The molecule has 1 aromatic carbocycles. The molecule has 0 unspecified atom stereocenters. The third-order valence-electron chi connectivity index (χ3n) is 3.24. The van der Waals surface area contributed by atoms with Crippen molar-refractivity contribution < 1.29 is 9.90 Å². The van der Waals surface area contributed by atoms with Crippen LogP contribution in [0.4, 0.5) is 0 Å². The summed E-state index contributed by atoms with van der Waals surface area (Å²) in [5, 5.41) is 9.95. The molecule has 0 aliphatic carbocycles. The molecule has 1 saturated heterocycles. The Hall–Kier alpha value is -1.06. The number of nitrogens with zero attached hydrogens (tertiary/aromatic N) is 1. The predicted molar refractivity (Wildman–Crippen MR) is 67.4 cm³/mol. The van der Waals surface area contributed by atoms with Gasteiger partial charge in [0.05, 0.1) is 0 Å². The van der Waals surface area contributed by atoms with Gasteiger partial charge in [-0.25, -0.2) is 0 Å². The molecular weight excluding hydrogens is 238 g/mol. The maximum absolute atomic E-state index is 11.3. The number of carboxylic acid groups (broad SMARTS) is 1. The first-order valence-corrected chi connectivity index (χ1v) is 6.26. The van der Waals surface area contributed by atoms with E-state index >= 15 is 0 Å². The van der Waals surface area contributed by atoms with E-state index in [0.29, 0.717) is 11.4 Å². The minimum atomic E-state index is -0.758. The van der Waals surface area contributed by atoms with Crippen LogP contribution in [0.25, 0.3) is 0 Å². The molecule has 0 aromatic heterocycles. The van der Waals surface area contributed by atoms with Gasteiger partial charge in [-0.15, -0.1) is 0 Å². The van der Waals surface area contributed by atoms with Gasteiger partial charge in [-0.1, -0.05) is 29.8 Å². The van der Waals surface area contributed by atoms with Crippen LogP contribution in [0, 0.1) is 0 Å². The van der Waals surface area contributed by atoms with Gasteiger partial charge in [0.1, 0.15) is 6.04 Å². The van der Waals surface area contributed by atoms with Crippen molar-refractivity contribution in [3.8, 4) is 0 Å². The molecule has 2 rings (SSSR count). The number of halogens is 1. The fourth-order valence-corrected chi connectivity index (χ4v) is 2.51. The van der Waals surface area contributed by atoms with Crippen molar-refractivity contribution >= 4 is 17.6 Å². The average molecular weight is 254 g/mol. The summed E-state index contributed by atoms with van der Waals surface area (Å²) in [4.78, 5) is 13.4. The number of aliphatic carboxylic acids is 1. The van der Waals surface area contributed by atoms with E-state index in [4.69, 9.17) is 11.6 Å². The smallest absolute Gasteiger partial charge is 0.321 e. The van der Waals surface area contributed by atoms with E-state index in [1.54, 1.807) is 6.07 Å². The van der Waals surface area contributed by atoms with Crippen LogP contribution in [0.2, 0.25) is 5.02 Å². The molecule has 92 valence electrons. The average Bonchev–Trinajstić information content (AvgIpc) is 2.81. The molecule has 1 N–H and O–H groups in total. The molecule has 0 radical (unpaired) electrons. The lowest BCUT2D eigenvalue weighted by atomic mass is 10.0. The lowest BCUT2D eigenvalue weighted by Gasteiger charge is -2.24. The molecule has 17 heavy (non-hydrogen) atoms. The zero-order valence-corrected chi connectivity index (χ0v) is 10.4. The summed E-state index contributed by atoms with van der Waals surface area (Å²) in [6.07, 6.45) is 2.66. The summed E-state index contributed by atoms with van der Waals surface area (Å²) >= 11 is 6.07. The fourth-order valence-electron chi connectivity index (χ4n) is 2.30. The SMILES string of the molecule is O=C(O)[C@@H](Cc1ccccc1Cl)N1CCCC1. The van der Waals surface area contributed by atoms with E-state index in [0.717, 1.165) is 31.5 Å². The molecule has 4 heteroatoms. The van der Waals surface area contributed by atoms with Gasteiger partial charge in [-0.3, -0.25) is 9.69 Å². The Bertz CT molecular complexity index is 402. The van der Waals surface area contributed by atoms with Crippen molar-refractivity contribution in [2.75, 3.05) is 13.1 Å². The highest BCUT2D eigenvalue weighted by atomic mass is 35.5. The number of hydrogen-bond acceptors (Lipinski definition) is 2. The van der Waals surface area contributed by atoms with Gasteiger partial charge in [-0.05, 0) is 37.6 Å². The van der Waals surface area contributed by atoms with Crippen LogP contribution in [-0.2, 0) is 11.2 Å². The summed E-state index contributed by atoms with van der Waals surface area (Å²) in [6.45, 7) is 1.75. The van der Waals surface area contributed by atoms with E-state index in [1.165, 1.54) is 0 Å². The number of hydrogen-bond donors (Lipinski definition) is 1. The lowest BCUT2D eigenvalue weighted by Crippen LogP contribution is -2.40. The number of carboxylic acids is 1. The number of likely N-dealkylation sites (tertiary alicyclic amines) is 1. The summed E-state index contributed by atoms with van der Waals surface area (Å²) in [6, 6.07) is 7.01. The molecule has 0 bridgehead atoms. The summed E-state index contributed by atoms with van der Waals surface area (Å²) < 4.78 is 0. The maximum Gasteiger partial charge on any atom is 0.321 e. The molecule has 1 atom stereocenters. The molecular formula is C13H16ClNO2. The standard InChI is InChI=1S/C13H16ClNO2/c14-11-6-2-1-5-10(11)9-12(13(16)17)15-7-3-4-8-15/h1-2,5-6,12H,3-4,7-9H2,(H,16,17)/t12-/m1/s1. The van der Waals surface area contributed by atoms with Crippen LogP contribution < -0.4 is 0 Å². The molecule has 1 aliphatic heterocycles. The molecule has 3 nitrogen and oxygen atoms in total. The highest BCUT2D eigenvalue weighted by molar-refractivity contribution is 6.31. The molecule has 1 heterocycles. The minimum absolute atomic E-state index is 0.447. The van der Waals surface area contributed by atoms with Crippen LogP contribution in [0.5, 0.6) is 0 Å². The van der Waals surface area contributed by atoms with Gasteiger partial charge in [0.15, 0.2) is 0 Å². The van der Waals surface area contributed by atoms with Gasteiger partial charge in [-0.2, -0.15) is 0 Å². The van der Waals surface area contributed by atoms with Crippen LogP contribution in [0.15, 0.2) is 24.3 Å². The zero-order chi connectivity index (χ0) is 12.3. The van der Waals surface area contributed by atoms with Crippen molar-refractivity contribution in [3.63, 3.8) is 0 Å². The normalized spacial score (nSPS) is 18.2. The van der Waals surface area contributed by atoms with Crippen LogP contribution >= 0.6 is 11.6 Å². The number of rotatable bonds is 4. The largest absolute Gasteiger partial charge is 0.480 e. The van der Waals surface area contributed by atoms with Crippen molar-refractivity contribution in [1.82, 2.24) is 4.90 Å². The van der Waals surface area contributed by atoms with Crippen molar-refractivity contribution in [2.24, 2.45) is 0 Å². The number of benzene rings is 1. The third kappa shape index (κ3) is 2.99. The minimum Gasteiger partial charge on any atom is -0.480 e. The topological polar surface area (TPSA) is 40.5 Å². The molecule has 0 saturated carbocycles. The van der Waals surface area contributed by atoms with Crippen LogP contribution in [0.1, 0.15) is 18.4 Å². The number of carbonyl (C=O) groups is 1. The summed E-state index contributed by atoms with van der Waals surface area (Å²) in [7, 11) is 0. The van der Waals surface area contributed by atoms with Crippen LogP contribution in [0.3, 0.4) is 0 Å².